The van der Waals surface area contributed by atoms with E-state index in [1.165, 1.54) is 0 Å². The van der Waals surface area contributed by atoms with Crippen LogP contribution in [0.4, 0.5) is 0 Å². The van der Waals surface area contributed by atoms with Crippen LogP contribution in [0.1, 0.15) is 19.8 Å². The van der Waals surface area contributed by atoms with Crippen molar-refractivity contribution in [3.05, 3.63) is 0 Å². The van der Waals surface area contributed by atoms with Gasteiger partial charge in [-0.05, 0) is 6.42 Å². The molecule has 0 aromatic carbocycles. The fraction of sp³-hybridized carbons (Fsp3) is 1.00. The first-order valence-corrected chi connectivity index (χ1v) is 3.65. The summed E-state index contributed by atoms with van der Waals surface area (Å²) in [6, 6.07) is 0. The molecule has 0 unspecified atom stereocenters. The Hall–Kier alpha value is 2.22. The molecule has 0 fully saturated rings. The molecular weight excluding hydrogens is 416 g/mol. The van der Waals surface area contributed by atoms with E-state index < -0.39 is 4.77 Å². The summed E-state index contributed by atoms with van der Waals surface area (Å²) in [5, 5.41) is 0. The summed E-state index contributed by atoms with van der Waals surface area (Å²) in [5.41, 5.74) is 0. The molecule has 0 aromatic heterocycles. The maximum atomic E-state index is 4.91. The Bertz CT molecular complexity index is 60.0. The van der Waals surface area contributed by atoms with Gasteiger partial charge in [-0.25, -0.2) is 0 Å². The summed E-state index contributed by atoms with van der Waals surface area (Å²) in [6.07, 6.45) is 2.20. The number of ether oxygens (including phenoxy) is 1. The van der Waals surface area contributed by atoms with E-state index in [9.17, 15) is 0 Å². The Morgan fingerprint density at radius 2 is 1.58 bits per heavy atom. The number of rotatable bonds is 4. The quantitative estimate of drug-likeness (QED) is 0.319. The maximum absolute atomic E-state index is 4.91. The Kier molecular flexibility index (Phi) is 56.6. The van der Waals surface area contributed by atoms with Gasteiger partial charge in [-0.1, -0.05) is 13.3 Å². The molecule has 12 heavy (non-hydrogen) atoms. The van der Waals surface area contributed by atoms with Gasteiger partial charge in [-0.3, -0.25) is 0 Å². The molecule has 0 atom stereocenters. The Labute approximate surface area is 120 Å². The molecule has 6 radical (unpaired) electrons. The van der Waals surface area contributed by atoms with E-state index in [4.69, 9.17) is 4.74 Å². The zero-order valence-corrected chi connectivity index (χ0v) is 13.6. The predicted octanol–water partition coefficient (Wildman–Crippen LogP) is -1.23. The monoisotopic (exact) mass is 428 g/mol. The molecule has 0 heterocycles. The van der Waals surface area contributed by atoms with Crippen molar-refractivity contribution in [1.82, 2.24) is 0 Å². The Balaban J connectivity index is -0.0000000408. The molecule has 3 nitrogen and oxygen atoms in total. The molecule has 0 saturated carbocycles. The predicted molar refractivity (Wildman–Crippen MR) is 58.1 cm³/mol. The van der Waals surface area contributed by atoms with Gasteiger partial charge in [0.2, 0.25) is 0 Å². The van der Waals surface area contributed by atoms with Gasteiger partial charge in [0.05, 0.1) is 0 Å². The van der Waals surface area contributed by atoms with Crippen molar-refractivity contribution >= 4 is 74.1 Å². The Morgan fingerprint density at radius 1 is 1.17 bits per heavy atom. The minimum Gasteiger partial charge on any atom is -0.788 e. The molecule has 0 amide bonds. The van der Waals surface area contributed by atoms with E-state index in [1.807, 2.05) is 0 Å². The SMILES string of the molecule is CCCCOC([S-])[S-].O.O.[Sb].[Sb]. The van der Waals surface area contributed by atoms with Gasteiger partial charge in [0.1, 0.15) is 0 Å². The summed E-state index contributed by atoms with van der Waals surface area (Å²) in [5.74, 6) is 0. The van der Waals surface area contributed by atoms with E-state index in [0.29, 0.717) is 6.61 Å². The van der Waals surface area contributed by atoms with E-state index in [1.54, 1.807) is 0 Å². The van der Waals surface area contributed by atoms with Crippen LogP contribution in [0.15, 0.2) is 0 Å². The third-order valence-corrected chi connectivity index (χ3v) is 1.02. The second-order valence-electron chi connectivity index (χ2n) is 1.51. The molecule has 0 aliphatic carbocycles. The molecule has 0 spiro atoms. The van der Waals surface area contributed by atoms with Crippen molar-refractivity contribution in [3.8, 4) is 0 Å². The average Bonchev–Trinajstić information content (AvgIpc) is 1.66. The third kappa shape index (κ3) is 29.5. The average molecular weight is 430 g/mol. The summed E-state index contributed by atoms with van der Waals surface area (Å²) in [4.78, 5) is 0. The van der Waals surface area contributed by atoms with E-state index in [0.717, 1.165) is 12.8 Å². The summed E-state index contributed by atoms with van der Waals surface area (Å²) in [7, 11) is 0. The van der Waals surface area contributed by atoms with Crippen molar-refractivity contribution < 1.29 is 15.7 Å². The molecule has 0 rings (SSSR count). The first kappa shape index (κ1) is 29.2. The van der Waals surface area contributed by atoms with Crippen molar-refractivity contribution in [2.24, 2.45) is 0 Å². The largest absolute Gasteiger partial charge is 0.788 e. The molecule has 7 heteroatoms. The molecule has 0 aromatic rings. The van der Waals surface area contributed by atoms with Gasteiger partial charge >= 0.3 is 0 Å². The van der Waals surface area contributed by atoms with Crippen LogP contribution < -0.4 is 0 Å². The molecular formula is C5H14O3S2Sb2-2. The molecule has 4 N–H and O–H groups in total. The van der Waals surface area contributed by atoms with Gasteiger partial charge in [-0.2, -0.15) is 4.77 Å². The molecule has 76 valence electrons. The van der Waals surface area contributed by atoms with Crippen LogP contribution in [0.5, 0.6) is 0 Å². The normalized spacial score (nSPS) is 7.00. The number of unbranched alkanes of at least 4 members (excludes halogenated alkanes) is 1. The summed E-state index contributed by atoms with van der Waals surface area (Å²) in [6.45, 7) is 2.82. The fourth-order valence-corrected chi connectivity index (χ4v) is 0.516. The maximum Gasteiger partial charge on any atom is 0.0417 e. The number of hydrogen-bond acceptors (Lipinski definition) is 3. The van der Waals surface area contributed by atoms with E-state index in [-0.39, 0.29) is 59.8 Å². The molecule has 0 saturated heterocycles. The second kappa shape index (κ2) is 23.2. The standard InChI is InChI=1S/C5H12OS2.2H2O.2Sb/c1-2-3-4-6-5(7)8;;;;/h5,7-8H,2-4H2,1H3;2*1H2;;/p-2. The van der Waals surface area contributed by atoms with Gasteiger partial charge in [-0.15, -0.1) is 0 Å². The van der Waals surface area contributed by atoms with Crippen LogP contribution in [0.25, 0.3) is 0 Å². The smallest absolute Gasteiger partial charge is 0.0417 e. The summed E-state index contributed by atoms with van der Waals surface area (Å²) >= 11 is 9.17. The Morgan fingerprint density at radius 3 is 1.83 bits per heavy atom. The van der Waals surface area contributed by atoms with Crippen LogP contribution in [-0.2, 0) is 30.0 Å². The molecule has 0 aliphatic rings. The van der Waals surface area contributed by atoms with E-state index in [2.05, 4.69) is 32.2 Å². The van der Waals surface area contributed by atoms with Crippen molar-refractivity contribution in [2.45, 2.75) is 24.5 Å². The zero-order chi connectivity index (χ0) is 6.41. The molecule has 0 aliphatic heterocycles. The minimum atomic E-state index is -0.429. The van der Waals surface area contributed by atoms with Gasteiger partial charge in [0.15, 0.2) is 0 Å². The topological polar surface area (TPSA) is 72.2 Å². The number of hydrogen-bond donors (Lipinski definition) is 0. The van der Waals surface area contributed by atoms with Crippen molar-refractivity contribution in [1.29, 1.82) is 0 Å². The molecule has 0 bridgehead atoms. The van der Waals surface area contributed by atoms with Gasteiger partial charge < -0.3 is 40.9 Å². The van der Waals surface area contributed by atoms with Crippen LogP contribution in [0.2, 0.25) is 0 Å². The van der Waals surface area contributed by atoms with Gasteiger partial charge in [0, 0.05) is 55.5 Å². The first-order chi connectivity index (χ1) is 3.77. The minimum absolute atomic E-state index is 0. The van der Waals surface area contributed by atoms with E-state index >= 15 is 0 Å². The summed E-state index contributed by atoms with van der Waals surface area (Å²) < 4.78 is 4.48. The van der Waals surface area contributed by atoms with Crippen LogP contribution in [0.3, 0.4) is 0 Å². The van der Waals surface area contributed by atoms with Crippen LogP contribution in [-0.4, -0.2) is 71.2 Å². The van der Waals surface area contributed by atoms with Gasteiger partial charge in [0.25, 0.3) is 0 Å². The van der Waals surface area contributed by atoms with Crippen LogP contribution >= 0.6 is 0 Å². The van der Waals surface area contributed by atoms with Crippen molar-refractivity contribution in [2.75, 3.05) is 6.61 Å². The van der Waals surface area contributed by atoms with Crippen LogP contribution in [0, 0.1) is 0 Å². The fourth-order valence-electron chi connectivity index (χ4n) is 0.324. The third-order valence-electron chi connectivity index (χ3n) is 0.752. The zero-order valence-electron chi connectivity index (χ0n) is 6.82. The first-order valence-electron chi connectivity index (χ1n) is 2.70. The van der Waals surface area contributed by atoms with Crippen molar-refractivity contribution in [3.63, 3.8) is 0 Å². The second-order valence-corrected chi connectivity index (χ2v) is 2.67.